The van der Waals surface area contributed by atoms with Crippen LogP contribution in [0.5, 0.6) is 0 Å². The zero-order chi connectivity index (χ0) is 39.3. The molecule has 0 aliphatic heterocycles. The molecule has 13 rings (SSSR count). The van der Waals surface area contributed by atoms with Crippen LogP contribution in [0.4, 0.5) is 0 Å². The summed E-state index contributed by atoms with van der Waals surface area (Å²) < 4.78 is 17.3. The molecule has 0 bridgehead atoms. The van der Waals surface area contributed by atoms with Gasteiger partial charge in [-0.25, -0.2) is 9.97 Å². The molecule has 8 heteroatoms. The highest BCUT2D eigenvalue weighted by Crippen LogP contribution is 2.42. The van der Waals surface area contributed by atoms with Gasteiger partial charge in [-0.05, 0) is 48.5 Å². The van der Waals surface area contributed by atoms with Gasteiger partial charge in [0.05, 0.1) is 27.8 Å². The molecule has 60 heavy (non-hydrogen) atoms. The van der Waals surface area contributed by atoms with Gasteiger partial charge in [0.1, 0.15) is 16.7 Å². The lowest BCUT2D eigenvalue weighted by molar-refractivity contribution is 0.619. The van der Waals surface area contributed by atoms with E-state index in [4.69, 9.17) is 28.8 Å². The quantitative estimate of drug-likeness (QED) is 0.173. The van der Waals surface area contributed by atoms with E-state index < -0.39 is 0 Å². The van der Waals surface area contributed by atoms with Gasteiger partial charge in [0.25, 0.3) is 0 Å². The Morgan fingerprint density at radius 1 is 0.350 bits per heavy atom. The number of oxazole rings is 1. The molecule has 0 unspecified atom stereocenters. The van der Waals surface area contributed by atoms with E-state index in [0.717, 1.165) is 93.4 Å². The van der Waals surface area contributed by atoms with Crippen LogP contribution in [-0.4, -0.2) is 29.1 Å². The molecular formula is C52H30N6O2. The molecule has 8 aromatic carbocycles. The standard InChI is InChI=1S/C52H30N6O2/c1-3-13-31(14-4-1)49-54-50(32-15-5-2-6-16-32)56-52(55-49)58-43-21-11-8-18-36(43)40-27-26-39-35-17-7-10-20-42(35)57(47(39)48(40)58)34-24-28-41-46(30-34)60-51(53-41)33-23-25-38-37-19-9-12-22-44(37)59-45(38)29-33/h1-30H. The third-order valence-electron chi connectivity index (χ3n) is 11.6. The second-order valence-electron chi connectivity index (χ2n) is 15.1. The van der Waals surface area contributed by atoms with Gasteiger partial charge in [0, 0.05) is 55.1 Å². The normalized spacial score (nSPS) is 12.0. The first-order valence-corrected chi connectivity index (χ1v) is 19.9. The van der Waals surface area contributed by atoms with Crippen LogP contribution in [0.2, 0.25) is 0 Å². The van der Waals surface area contributed by atoms with Crippen LogP contribution in [0.15, 0.2) is 191 Å². The van der Waals surface area contributed by atoms with Gasteiger partial charge in [-0.2, -0.15) is 9.97 Å². The Balaban J connectivity index is 1.07. The van der Waals surface area contributed by atoms with Crippen molar-refractivity contribution in [2.24, 2.45) is 0 Å². The fourth-order valence-electron chi connectivity index (χ4n) is 8.91. The summed E-state index contributed by atoms with van der Waals surface area (Å²) in [5, 5.41) is 6.59. The average molecular weight is 771 g/mol. The molecule has 0 N–H and O–H groups in total. The lowest BCUT2D eigenvalue weighted by Crippen LogP contribution is -2.07. The fourth-order valence-corrected chi connectivity index (χ4v) is 8.91. The molecule has 0 fully saturated rings. The van der Waals surface area contributed by atoms with E-state index in [1.807, 2.05) is 97.1 Å². The van der Waals surface area contributed by atoms with Crippen molar-refractivity contribution in [2.75, 3.05) is 0 Å². The number of aromatic nitrogens is 6. The second kappa shape index (κ2) is 12.6. The Morgan fingerprint density at radius 2 is 0.917 bits per heavy atom. The summed E-state index contributed by atoms with van der Waals surface area (Å²) in [6.07, 6.45) is 0. The van der Waals surface area contributed by atoms with Crippen molar-refractivity contribution >= 4 is 76.6 Å². The van der Waals surface area contributed by atoms with Crippen molar-refractivity contribution in [3.63, 3.8) is 0 Å². The Bertz CT molecular complexity index is 3780. The van der Waals surface area contributed by atoms with Gasteiger partial charge >= 0.3 is 0 Å². The van der Waals surface area contributed by atoms with Gasteiger partial charge in [0.15, 0.2) is 17.2 Å². The van der Waals surface area contributed by atoms with E-state index in [2.05, 4.69) is 94.1 Å². The maximum Gasteiger partial charge on any atom is 0.238 e. The van der Waals surface area contributed by atoms with Crippen molar-refractivity contribution < 1.29 is 8.83 Å². The molecule has 0 atom stereocenters. The van der Waals surface area contributed by atoms with Crippen LogP contribution in [-0.2, 0) is 0 Å². The predicted molar refractivity (Wildman–Crippen MR) is 240 cm³/mol. The second-order valence-corrected chi connectivity index (χ2v) is 15.1. The molecule has 0 radical (unpaired) electrons. The topological polar surface area (TPSA) is 87.7 Å². The van der Waals surface area contributed by atoms with E-state index in [1.165, 1.54) is 0 Å². The Hall–Kier alpha value is -8.36. The third kappa shape index (κ3) is 4.85. The van der Waals surface area contributed by atoms with Crippen LogP contribution >= 0.6 is 0 Å². The summed E-state index contributed by atoms with van der Waals surface area (Å²) >= 11 is 0. The number of para-hydroxylation sites is 3. The first-order valence-electron chi connectivity index (χ1n) is 19.9. The van der Waals surface area contributed by atoms with E-state index in [1.54, 1.807) is 0 Å². The summed E-state index contributed by atoms with van der Waals surface area (Å²) in [5.41, 5.74) is 10.8. The maximum absolute atomic E-state index is 6.58. The molecule has 0 saturated carbocycles. The number of fused-ring (bicyclic) bond motifs is 11. The van der Waals surface area contributed by atoms with Gasteiger partial charge in [0.2, 0.25) is 11.8 Å². The van der Waals surface area contributed by atoms with Crippen molar-refractivity contribution in [3.8, 4) is 45.9 Å². The van der Waals surface area contributed by atoms with Crippen molar-refractivity contribution in [1.29, 1.82) is 0 Å². The zero-order valence-corrected chi connectivity index (χ0v) is 31.8. The molecule has 5 heterocycles. The SMILES string of the molecule is c1ccc(-c2nc(-c3ccccc3)nc(-n3c4ccccc4c4ccc5c6ccccc6n(-c6ccc7nc(-c8ccc9c(c8)oc8ccccc89)oc7c6)c5c43)n2)cc1. The van der Waals surface area contributed by atoms with E-state index in [9.17, 15) is 0 Å². The summed E-state index contributed by atoms with van der Waals surface area (Å²) in [4.78, 5) is 20.4. The molecule has 0 aliphatic carbocycles. The number of furan rings is 1. The summed E-state index contributed by atoms with van der Waals surface area (Å²) in [7, 11) is 0. The monoisotopic (exact) mass is 770 g/mol. The Kier molecular flexibility index (Phi) is 6.85. The fraction of sp³-hybridized carbons (Fsp3) is 0. The molecule has 0 spiro atoms. The van der Waals surface area contributed by atoms with Crippen LogP contribution < -0.4 is 0 Å². The molecule has 0 aliphatic rings. The molecule has 5 aromatic heterocycles. The molecule has 0 saturated heterocycles. The van der Waals surface area contributed by atoms with Crippen LogP contribution in [0.3, 0.4) is 0 Å². The van der Waals surface area contributed by atoms with Crippen LogP contribution in [0.1, 0.15) is 0 Å². The summed E-state index contributed by atoms with van der Waals surface area (Å²) in [6, 6.07) is 62.2. The average Bonchev–Trinajstić information content (AvgIpc) is 4.08. The Morgan fingerprint density at radius 3 is 1.62 bits per heavy atom. The largest absolute Gasteiger partial charge is 0.456 e. The summed E-state index contributed by atoms with van der Waals surface area (Å²) in [6.45, 7) is 0. The van der Waals surface area contributed by atoms with Gasteiger partial charge in [-0.15, -0.1) is 0 Å². The van der Waals surface area contributed by atoms with Gasteiger partial charge in [-0.1, -0.05) is 127 Å². The highest BCUT2D eigenvalue weighted by atomic mass is 16.3. The number of rotatable bonds is 5. The first-order chi connectivity index (χ1) is 29.7. The van der Waals surface area contributed by atoms with E-state index in [-0.39, 0.29) is 0 Å². The lowest BCUT2D eigenvalue weighted by Gasteiger charge is -2.13. The highest BCUT2D eigenvalue weighted by Gasteiger charge is 2.24. The van der Waals surface area contributed by atoms with Crippen LogP contribution in [0.25, 0.3) is 123 Å². The number of nitrogens with zero attached hydrogens (tertiary/aromatic N) is 6. The molecule has 13 aromatic rings. The zero-order valence-electron chi connectivity index (χ0n) is 31.8. The minimum absolute atomic E-state index is 0.535. The Labute approximate surface area is 341 Å². The summed E-state index contributed by atoms with van der Waals surface area (Å²) in [5.74, 6) is 2.27. The van der Waals surface area contributed by atoms with Crippen LogP contribution in [0, 0.1) is 0 Å². The smallest absolute Gasteiger partial charge is 0.238 e. The van der Waals surface area contributed by atoms with E-state index in [0.29, 0.717) is 29.1 Å². The van der Waals surface area contributed by atoms with Gasteiger partial charge in [-0.3, -0.25) is 4.57 Å². The van der Waals surface area contributed by atoms with Crippen molar-refractivity contribution in [1.82, 2.24) is 29.1 Å². The lowest BCUT2D eigenvalue weighted by atomic mass is 10.1. The molecule has 280 valence electrons. The predicted octanol–water partition coefficient (Wildman–Crippen LogP) is 13.1. The highest BCUT2D eigenvalue weighted by molar-refractivity contribution is 6.23. The van der Waals surface area contributed by atoms with E-state index >= 15 is 0 Å². The van der Waals surface area contributed by atoms with Crippen molar-refractivity contribution in [2.45, 2.75) is 0 Å². The molecular weight excluding hydrogens is 741 g/mol. The number of benzene rings is 8. The third-order valence-corrected chi connectivity index (χ3v) is 11.6. The minimum Gasteiger partial charge on any atom is -0.456 e. The first kappa shape index (κ1) is 32.7. The van der Waals surface area contributed by atoms with Crippen molar-refractivity contribution in [3.05, 3.63) is 182 Å². The minimum atomic E-state index is 0.535. The molecule has 0 amide bonds. The number of hydrogen-bond acceptors (Lipinski definition) is 6. The number of hydrogen-bond donors (Lipinski definition) is 0. The maximum atomic E-state index is 6.58. The molecule has 8 nitrogen and oxygen atoms in total. The van der Waals surface area contributed by atoms with Gasteiger partial charge < -0.3 is 13.4 Å².